The van der Waals surface area contributed by atoms with Crippen molar-refractivity contribution in [3.05, 3.63) is 29.9 Å². The van der Waals surface area contributed by atoms with Crippen LogP contribution in [0.2, 0.25) is 0 Å². The third-order valence-electron chi connectivity index (χ3n) is 6.55. The largest absolute Gasteiger partial charge is 0.335 e. The second-order valence-electron chi connectivity index (χ2n) is 8.37. The van der Waals surface area contributed by atoms with E-state index in [-0.39, 0.29) is 5.91 Å². The van der Waals surface area contributed by atoms with Gasteiger partial charge in [-0.15, -0.1) is 10.2 Å². The van der Waals surface area contributed by atoms with Crippen LogP contribution in [-0.2, 0) is 19.5 Å². The van der Waals surface area contributed by atoms with E-state index >= 15 is 0 Å². The van der Waals surface area contributed by atoms with E-state index in [1.54, 1.807) is 0 Å². The van der Waals surface area contributed by atoms with Gasteiger partial charge in [0.1, 0.15) is 11.6 Å². The van der Waals surface area contributed by atoms with Crippen LogP contribution in [0.25, 0.3) is 0 Å². The first-order valence-corrected chi connectivity index (χ1v) is 10.5. The van der Waals surface area contributed by atoms with Gasteiger partial charge in [-0.25, -0.2) is 4.98 Å². The molecule has 1 amide bonds. The molecule has 27 heavy (non-hydrogen) atoms. The first-order chi connectivity index (χ1) is 13.3. The molecular formula is C20H28N6O. The summed E-state index contributed by atoms with van der Waals surface area (Å²) in [4.78, 5) is 19.8. The van der Waals surface area contributed by atoms with Gasteiger partial charge in [-0.2, -0.15) is 0 Å². The lowest BCUT2D eigenvalue weighted by atomic mass is 9.85. The van der Waals surface area contributed by atoms with Gasteiger partial charge in [-0.05, 0) is 44.4 Å². The maximum absolute atomic E-state index is 13.1. The quantitative estimate of drug-likeness (QED) is 0.832. The van der Waals surface area contributed by atoms with Gasteiger partial charge in [0.2, 0.25) is 5.82 Å². The third kappa shape index (κ3) is 3.17. The highest BCUT2D eigenvalue weighted by molar-refractivity contribution is 5.90. The standard InChI is InChI=1S/C20H28N6O/c27-20(19-23-22-17-8-1-2-11-26(17)19)25-10-4-7-16(14-25)18-21-9-12-24(18)13-15-5-3-6-15/h9,12,15-16H,1-8,10-11,13-14H2/t16-/m1/s1. The minimum absolute atomic E-state index is 0.0393. The molecule has 0 bridgehead atoms. The molecule has 0 unspecified atom stereocenters. The zero-order valence-corrected chi connectivity index (χ0v) is 15.9. The molecule has 4 heterocycles. The molecule has 1 aliphatic carbocycles. The average Bonchev–Trinajstić information content (AvgIpc) is 3.31. The molecule has 0 spiro atoms. The van der Waals surface area contributed by atoms with Gasteiger partial charge in [0.05, 0.1) is 0 Å². The van der Waals surface area contributed by atoms with Gasteiger partial charge in [0.15, 0.2) is 0 Å². The normalized spacial score (nSPS) is 23.1. The van der Waals surface area contributed by atoms with Crippen molar-refractivity contribution >= 4 is 5.91 Å². The highest BCUT2D eigenvalue weighted by Gasteiger charge is 2.32. The summed E-state index contributed by atoms with van der Waals surface area (Å²) in [7, 11) is 0. The molecule has 2 aromatic rings. The van der Waals surface area contributed by atoms with Gasteiger partial charge in [0.25, 0.3) is 5.91 Å². The molecule has 7 nitrogen and oxygen atoms in total. The first-order valence-electron chi connectivity index (χ1n) is 10.5. The topological polar surface area (TPSA) is 68.8 Å². The average molecular weight is 368 g/mol. The number of rotatable bonds is 4. The Kier molecular flexibility index (Phi) is 4.45. The van der Waals surface area contributed by atoms with Crippen LogP contribution >= 0.6 is 0 Å². The summed E-state index contributed by atoms with van der Waals surface area (Å²) in [5.41, 5.74) is 0. The van der Waals surface area contributed by atoms with Gasteiger partial charge >= 0.3 is 0 Å². The van der Waals surface area contributed by atoms with Crippen molar-refractivity contribution in [2.45, 2.75) is 70.4 Å². The van der Waals surface area contributed by atoms with Gasteiger partial charge in [-0.3, -0.25) is 4.79 Å². The van der Waals surface area contributed by atoms with E-state index in [4.69, 9.17) is 0 Å². The van der Waals surface area contributed by atoms with Crippen molar-refractivity contribution in [2.24, 2.45) is 5.92 Å². The Balaban J connectivity index is 1.32. The minimum atomic E-state index is 0.0393. The number of nitrogens with zero attached hydrogens (tertiary/aromatic N) is 6. The van der Waals surface area contributed by atoms with Crippen LogP contribution < -0.4 is 0 Å². The summed E-state index contributed by atoms with van der Waals surface area (Å²) in [6.07, 6.45) is 13.4. The van der Waals surface area contributed by atoms with E-state index in [9.17, 15) is 4.79 Å². The van der Waals surface area contributed by atoms with Crippen LogP contribution in [-0.4, -0.2) is 48.2 Å². The Morgan fingerprint density at radius 3 is 2.85 bits per heavy atom. The summed E-state index contributed by atoms with van der Waals surface area (Å²) in [6.45, 7) is 3.49. The molecule has 0 radical (unpaired) electrons. The van der Waals surface area contributed by atoms with Crippen LogP contribution in [0.1, 0.15) is 73.1 Å². The smallest absolute Gasteiger partial charge is 0.291 e. The Morgan fingerprint density at radius 2 is 2.00 bits per heavy atom. The summed E-state index contributed by atoms with van der Waals surface area (Å²) < 4.78 is 4.37. The van der Waals surface area contributed by atoms with Crippen LogP contribution in [0, 0.1) is 5.92 Å². The van der Waals surface area contributed by atoms with Crippen LogP contribution in [0.3, 0.4) is 0 Å². The summed E-state index contributed by atoms with van der Waals surface area (Å²) in [5.74, 6) is 3.82. The number of fused-ring (bicyclic) bond motifs is 1. The van der Waals surface area contributed by atoms with Crippen molar-refractivity contribution in [2.75, 3.05) is 13.1 Å². The number of aromatic nitrogens is 5. The zero-order valence-electron chi connectivity index (χ0n) is 15.9. The highest BCUT2D eigenvalue weighted by atomic mass is 16.2. The fourth-order valence-corrected chi connectivity index (χ4v) is 4.77. The van der Waals surface area contributed by atoms with Crippen molar-refractivity contribution in [1.82, 2.24) is 29.2 Å². The predicted molar refractivity (Wildman–Crippen MR) is 100 cm³/mol. The number of carbonyl (C=O) groups is 1. The van der Waals surface area contributed by atoms with Crippen molar-refractivity contribution in [1.29, 1.82) is 0 Å². The van der Waals surface area contributed by atoms with E-state index < -0.39 is 0 Å². The van der Waals surface area contributed by atoms with E-state index in [1.165, 1.54) is 19.3 Å². The molecule has 2 aliphatic heterocycles. The fourth-order valence-electron chi connectivity index (χ4n) is 4.77. The number of imidazole rings is 1. The number of carbonyl (C=O) groups excluding carboxylic acids is 1. The summed E-state index contributed by atoms with van der Waals surface area (Å²) >= 11 is 0. The number of hydrogen-bond donors (Lipinski definition) is 0. The van der Waals surface area contributed by atoms with E-state index in [0.717, 1.165) is 75.8 Å². The highest BCUT2D eigenvalue weighted by Crippen LogP contribution is 2.31. The van der Waals surface area contributed by atoms with Crippen LogP contribution in [0.4, 0.5) is 0 Å². The first kappa shape index (κ1) is 17.0. The van der Waals surface area contributed by atoms with Gasteiger partial charge in [0, 0.05) is 50.9 Å². The van der Waals surface area contributed by atoms with Crippen LogP contribution in [0.15, 0.2) is 12.4 Å². The molecule has 7 heteroatoms. The molecule has 0 N–H and O–H groups in total. The number of hydrogen-bond acceptors (Lipinski definition) is 4. The molecule has 0 aromatic carbocycles. The number of likely N-dealkylation sites (tertiary alicyclic amines) is 1. The van der Waals surface area contributed by atoms with E-state index in [0.29, 0.717) is 11.7 Å². The molecule has 2 fully saturated rings. The maximum atomic E-state index is 13.1. The molecule has 1 saturated heterocycles. The van der Waals surface area contributed by atoms with E-state index in [2.05, 4.69) is 25.9 Å². The summed E-state index contributed by atoms with van der Waals surface area (Å²) in [5, 5.41) is 8.49. The Bertz CT molecular complexity index is 820. The minimum Gasteiger partial charge on any atom is -0.335 e. The van der Waals surface area contributed by atoms with Gasteiger partial charge in [-0.1, -0.05) is 6.42 Å². The molecule has 1 atom stereocenters. The zero-order chi connectivity index (χ0) is 18.2. The number of piperidine rings is 1. The van der Waals surface area contributed by atoms with E-state index in [1.807, 2.05) is 15.7 Å². The SMILES string of the molecule is O=C(c1nnc2n1CCCC2)N1CCC[C@@H](c2nccn2CC2CCC2)C1. The van der Waals surface area contributed by atoms with Crippen molar-refractivity contribution < 1.29 is 4.79 Å². The molecule has 3 aliphatic rings. The van der Waals surface area contributed by atoms with Crippen LogP contribution in [0.5, 0.6) is 0 Å². The third-order valence-corrected chi connectivity index (χ3v) is 6.55. The molecule has 1 saturated carbocycles. The monoisotopic (exact) mass is 368 g/mol. The second-order valence-corrected chi connectivity index (χ2v) is 8.37. The lowest BCUT2D eigenvalue weighted by Gasteiger charge is -2.33. The fraction of sp³-hybridized carbons (Fsp3) is 0.700. The predicted octanol–water partition coefficient (Wildman–Crippen LogP) is 2.63. The van der Waals surface area contributed by atoms with Crippen molar-refractivity contribution in [3.8, 4) is 0 Å². The lowest BCUT2D eigenvalue weighted by molar-refractivity contribution is 0.0683. The number of aryl methyl sites for hydroxylation is 1. The van der Waals surface area contributed by atoms with Crippen molar-refractivity contribution in [3.63, 3.8) is 0 Å². The Morgan fingerprint density at radius 1 is 1.07 bits per heavy atom. The maximum Gasteiger partial charge on any atom is 0.291 e. The number of amides is 1. The lowest BCUT2D eigenvalue weighted by Crippen LogP contribution is -2.41. The summed E-state index contributed by atoms with van der Waals surface area (Å²) in [6, 6.07) is 0. The molecular weight excluding hydrogens is 340 g/mol. The molecule has 2 aromatic heterocycles. The van der Waals surface area contributed by atoms with Gasteiger partial charge < -0.3 is 14.0 Å². The Labute approximate surface area is 159 Å². The Hall–Kier alpha value is -2.18. The molecule has 144 valence electrons. The molecule has 5 rings (SSSR count). The second kappa shape index (κ2) is 7.09.